The fourth-order valence-corrected chi connectivity index (χ4v) is 4.65. The number of carbonyl (C=O) groups is 1. The van der Waals surface area contributed by atoms with Gasteiger partial charge < -0.3 is 15.0 Å². The van der Waals surface area contributed by atoms with Crippen LogP contribution in [0, 0.1) is 13.8 Å². The third-order valence-corrected chi connectivity index (χ3v) is 6.66. The zero-order chi connectivity index (χ0) is 23.2. The highest BCUT2D eigenvalue weighted by molar-refractivity contribution is 5.76. The van der Waals surface area contributed by atoms with E-state index in [-0.39, 0.29) is 23.9 Å². The summed E-state index contributed by atoms with van der Waals surface area (Å²) in [6.45, 7) is 9.30. The molecule has 8 nitrogen and oxygen atoms in total. The summed E-state index contributed by atoms with van der Waals surface area (Å²) in [5.41, 5.74) is 3.57. The minimum absolute atomic E-state index is 0.0395. The number of morpholine rings is 1. The van der Waals surface area contributed by atoms with Gasteiger partial charge in [-0.15, -0.1) is 0 Å². The number of hydrogen-bond donors (Lipinski definition) is 2. The Balaban J connectivity index is 1.35. The lowest BCUT2D eigenvalue weighted by molar-refractivity contribution is -0.121. The van der Waals surface area contributed by atoms with Gasteiger partial charge in [0.2, 0.25) is 11.9 Å². The monoisotopic (exact) mass is 453 g/mol. The van der Waals surface area contributed by atoms with Gasteiger partial charge in [0, 0.05) is 37.3 Å². The average Bonchev–Trinajstić information content (AvgIpc) is 3.35. The number of ether oxygens (including phenoxy) is 1. The van der Waals surface area contributed by atoms with Crippen molar-refractivity contribution in [3.8, 4) is 0 Å². The molecular formula is C25H35N5O3. The van der Waals surface area contributed by atoms with Gasteiger partial charge >= 0.3 is 0 Å². The van der Waals surface area contributed by atoms with E-state index in [0.717, 1.165) is 13.1 Å². The molecule has 0 radical (unpaired) electrons. The van der Waals surface area contributed by atoms with Crippen molar-refractivity contribution >= 4 is 11.9 Å². The zero-order valence-electron chi connectivity index (χ0n) is 19.7. The second-order valence-electron chi connectivity index (χ2n) is 9.03. The molecule has 0 spiro atoms. The first kappa shape index (κ1) is 23.4. The Kier molecular flexibility index (Phi) is 7.77. The van der Waals surface area contributed by atoms with Crippen molar-refractivity contribution in [1.29, 1.82) is 0 Å². The number of benzene rings is 1. The third kappa shape index (κ3) is 6.00. The molecule has 1 atom stereocenters. The molecule has 178 valence electrons. The van der Waals surface area contributed by atoms with E-state index in [1.165, 1.54) is 24.0 Å². The van der Waals surface area contributed by atoms with Crippen LogP contribution in [0.4, 0.5) is 5.95 Å². The lowest BCUT2D eigenvalue weighted by Crippen LogP contribution is -2.39. The van der Waals surface area contributed by atoms with Gasteiger partial charge in [-0.2, -0.15) is 0 Å². The Hall–Kier alpha value is -2.71. The summed E-state index contributed by atoms with van der Waals surface area (Å²) in [5, 5.41) is 3.11. The van der Waals surface area contributed by atoms with Crippen LogP contribution in [-0.2, 0) is 16.0 Å². The first-order chi connectivity index (χ1) is 16.0. The number of aromatic nitrogens is 2. The Labute approximate surface area is 195 Å². The van der Waals surface area contributed by atoms with Gasteiger partial charge in [0.1, 0.15) is 0 Å². The van der Waals surface area contributed by atoms with E-state index in [2.05, 4.69) is 51.4 Å². The van der Waals surface area contributed by atoms with Crippen molar-refractivity contribution in [1.82, 2.24) is 20.2 Å². The number of anilines is 1. The summed E-state index contributed by atoms with van der Waals surface area (Å²) in [6.07, 6.45) is 3.04. The predicted octanol–water partition coefficient (Wildman–Crippen LogP) is 2.11. The maximum absolute atomic E-state index is 12.7. The molecular weight excluding hydrogens is 418 g/mol. The number of aryl methyl sites for hydroxylation is 2. The average molecular weight is 454 g/mol. The van der Waals surface area contributed by atoms with Gasteiger partial charge in [0.15, 0.2) is 0 Å². The fraction of sp³-hybridized carbons (Fsp3) is 0.560. The molecule has 2 N–H and O–H groups in total. The number of hydrogen-bond acceptors (Lipinski definition) is 6. The van der Waals surface area contributed by atoms with E-state index < -0.39 is 0 Å². The molecule has 1 amide bonds. The van der Waals surface area contributed by atoms with Crippen LogP contribution in [-0.4, -0.2) is 66.7 Å². The number of H-pyrrole nitrogens is 1. The van der Waals surface area contributed by atoms with Crippen LogP contribution in [0.2, 0.25) is 0 Å². The van der Waals surface area contributed by atoms with Crippen LogP contribution in [0.15, 0.2) is 29.1 Å². The molecule has 0 aliphatic carbocycles. The number of amides is 1. The van der Waals surface area contributed by atoms with Crippen molar-refractivity contribution in [3.63, 3.8) is 0 Å². The first-order valence-corrected chi connectivity index (χ1v) is 12.0. The summed E-state index contributed by atoms with van der Waals surface area (Å²) in [5.74, 6) is 0.544. The van der Waals surface area contributed by atoms with Gasteiger partial charge in [-0.25, -0.2) is 4.98 Å². The van der Waals surface area contributed by atoms with Crippen LogP contribution in [0.5, 0.6) is 0 Å². The van der Waals surface area contributed by atoms with Gasteiger partial charge in [0.05, 0.1) is 19.3 Å². The molecule has 1 unspecified atom stereocenters. The molecule has 0 bridgehead atoms. The number of aromatic amines is 1. The zero-order valence-corrected chi connectivity index (χ0v) is 19.7. The van der Waals surface area contributed by atoms with E-state index in [1.807, 2.05) is 11.8 Å². The van der Waals surface area contributed by atoms with Crippen LogP contribution in [0.25, 0.3) is 0 Å². The molecule has 2 aliphatic heterocycles. The summed E-state index contributed by atoms with van der Waals surface area (Å²) in [4.78, 5) is 37.3. The lowest BCUT2D eigenvalue weighted by atomic mass is 10.0. The summed E-state index contributed by atoms with van der Waals surface area (Å²) in [6, 6.07) is 8.76. The smallest absolute Gasteiger partial charge is 0.255 e. The standard InChI is InChI=1S/C25H35N5O3/c1-18-5-7-20(8-6-18)22(29-11-3-4-12-29)17-26-23(31)10-9-21-19(2)27-25(28-24(21)32)30-13-15-33-16-14-30/h5-8,22H,3-4,9-17H2,1-2H3,(H,26,31)(H,27,28,32). The predicted molar refractivity (Wildman–Crippen MR) is 129 cm³/mol. The third-order valence-electron chi connectivity index (χ3n) is 6.66. The van der Waals surface area contributed by atoms with E-state index in [0.29, 0.717) is 56.5 Å². The highest BCUT2D eigenvalue weighted by Gasteiger charge is 2.24. The maximum Gasteiger partial charge on any atom is 0.255 e. The van der Waals surface area contributed by atoms with Crippen molar-refractivity contribution < 1.29 is 9.53 Å². The van der Waals surface area contributed by atoms with Gasteiger partial charge in [-0.3, -0.25) is 19.5 Å². The normalized spacial score (nSPS) is 17.8. The molecule has 0 saturated carbocycles. The molecule has 8 heteroatoms. The second kappa shape index (κ2) is 10.9. The fourth-order valence-electron chi connectivity index (χ4n) is 4.65. The molecule has 33 heavy (non-hydrogen) atoms. The molecule has 2 fully saturated rings. The summed E-state index contributed by atoms with van der Waals surface area (Å²) in [7, 11) is 0. The Morgan fingerprint density at radius 2 is 1.82 bits per heavy atom. The van der Waals surface area contributed by atoms with Crippen molar-refractivity contribution in [2.45, 2.75) is 45.6 Å². The highest BCUT2D eigenvalue weighted by atomic mass is 16.5. The van der Waals surface area contributed by atoms with Crippen molar-refractivity contribution in [3.05, 3.63) is 57.0 Å². The highest BCUT2D eigenvalue weighted by Crippen LogP contribution is 2.25. The van der Waals surface area contributed by atoms with Crippen LogP contribution in [0.3, 0.4) is 0 Å². The molecule has 2 aromatic rings. The molecule has 2 aliphatic rings. The molecule has 1 aromatic heterocycles. The van der Waals surface area contributed by atoms with E-state index in [9.17, 15) is 9.59 Å². The largest absolute Gasteiger partial charge is 0.378 e. The van der Waals surface area contributed by atoms with Crippen molar-refractivity contribution in [2.24, 2.45) is 0 Å². The van der Waals surface area contributed by atoms with Crippen LogP contribution < -0.4 is 15.8 Å². The van der Waals surface area contributed by atoms with E-state index in [1.54, 1.807) is 0 Å². The minimum Gasteiger partial charge on any atom is -0.378 e. The molecule has 4 rings (SSSR count). The quantitative estimate of drug-likeness (QED) is 0.636. The van der Waals surface area contributed by atoms with E-state index in [4.69, 9.17) is 4.74 Å². The number of likely N-dealkylation sites (tertiary alicyclic amines) is 1. The molecule has 1 aromatic carbocycles. The van der Waals surface area contributed by atoms with Crippen LogP contribution in [0.1, 0.15) is 47.7 Å². The van der Waals surface area contributed by atoms with Crippen molar-refractivity contribution in [2.75, 3.05) is 50.8 Å². The maximum atomic E-state index is 12.7. The number of nitrogens with zero attached hydrogens (tertiary/aromatic N) is 3. The second-order valence-corrected chi connectivity index (χ2v) is 9.03. The Morgan fingerprint density at radius 3 is 2.48 bits per heavy atom. The Bertz CT molecular complexity index is 992. The van der Waals surface area contributed by atoms with Gasteiger partial charge in [-0.1, -0.05) is 29.8 Å². The lowest BCUT2D eigenvalue weighted by Gasteiger charge is -2.28. The summed E-state index contributed by atoms with van der Waals surface area (Å²) >= 11 is 0. The summed E-state index contributed by atoms with van der Waals surface area (Å²) < 4.78 is 5.37. The van der Waals surface area contributed by atoms with Crippen LogP contribution >= 0.6 is 0 Å². The first-order valence-electron chi connectivity index (χ1n) is 12.0. The molecule has 2 saturated heterocycles. The minimum atomic E-state index is -0.161. The number of rotatable bonds is 8. The number of carbonyl (C=O) groups excluding carboxylic acids is 1. The van der Waals surface area contributed by atoms with Gasteiger partial charge in [0.25, 0.3) is 5.56 Å². The van der Waals surface area contributed by atoms with E-state index >= 15 is 0 Å². The SMILES string of the molecule is Cc1ccc(C(CNC(=O)CCc2c(C)nc(N3CCOCC3)[nH]c2=O)N2CCCC2)cc1. The molecule has 3 heterocycles. The Morgan fingerprint density at radius 1 is 1.12 bits per heavy atom. The number of nitrogens with one attached hydrogen (secondary N) is 2. The van der Waals surface area contributed by atoms with Gasteiger partial charge in [-0.05, 0) is 51.8 Å². The topological polar surface area (TPSA) is 90.6 Å².